The Balaban J connectivity index is 2.74. The van der Waals surface area contributed by atoms with E-state index in [9.17, 15) is 18.0 Å². The van der Waals surface area contributed by atoms with E-state index in [-0.39, 0.29) is 23.0 Å². The molecule has 0 fully saturated rings. The number of rotatable bonds is 8. The third-order valence-electron chi connectivity index (χ3n) is 4.89. The first-order chi connectivity index (χ1) is 13.2. The maximum Gasteiger partial charge on any atom is 0.394 e. The highest BCUT2D eigenvalue weighted by atomic mass is 32.2. The van der Waals surface area contributed by atoms with Crippen LogP contribution in [0.4, 0.5) is 4.79 Å². The summed E-state index contributed by atoms with van der Waals surface area (Å²) in [5.41, 5.74) is 0.916. The molecule has 0 heterocycles. The summed E-state index contributed by atoms with van der Waals surface area (Å²) in [5.74, 6) is -0.714. The molecule has 0 radical (unpaired) electrons. The highest BCUT2D eigenvalue weighted by Gasteiger charge is 2.41. The molecule has 8 nitrogen and oxygen atoms in total. The number of hydrogen-bond acceptors (Lipinski definition) is 7. The lowest BCUT2D eigenvalue weighted by Gasteiger charge is -2.35. The fourth-order valence-electron chi connectivity index (χ4n) is 2.00. The Kier molecular flexibility index (Phi) is 8.43. The van der Waals surface area contributed by atoms with Gasteiger partial charge in [-0.1, -0.05) is 38.5 Å². The molecule has 0 spiro atoms. The normalized spacial score (nSPS) is 13.5. The van der Waals surface area contributed by atoms with E-state index in [1.807, 2.05) is 40.8 Å². The molecule has 1 N–H and O–H groups in total. The van der Waals surface area contributed by atoms with Crippen molar-refractivity contribution >= 4 is 30.5 Å². The van der Waals surface area contributed by atoms with Crippen LogP contribution in [0.1, 0.15) is 32.8 Å². The van der Waals surface area contributed by atoms with E-state index in [1.165, 1.54) is 19.2 Å². The number of carbonyl (C=O) groups excluding carboxylic acids is 2. The summed E-state index contributed by atoms with van der Waals surface area (Å²) in [6.07, 6.45) is -0.835. The van der Waals surface area contributed by atoms with Gasteiger partial charge in [0.1, 0.15) is 6.04 Å². The molecule has 1 aromatic rings. The van der Waals surface area contributed by atoms with E-state index in [4.69, 9.17) is 8.61 Å². The Bertz CT molecular complexity index is 814. The zero-order valence-electron chi connectivity index (χ0n) is 18.1. The summed E-state index contributed by atoms with van der Waals surface area (Å²) in [6, 6.07) is 5.11. The lowest BCUT2D eigenvalue weighted by Crippen LogP contribution is -2.49. The van der Waals surface area contributed by atoms with Crippen molar-refractivity contribution in [1.82, 2.24) is 5.32 Å². The maximum absolute atomic E-state index is 12.3. The van der Waals surface area contributed by atoms with Crippen molar-refractivity contribution in [2.75, 3.05) is 13.7 Å². The highest BCUT2D eigenvalue weighted by Crippen LogP contribution is 2.36. The molecule has 10 heteroatoms. The van der Waals surface area contributed by atoms with Crippen molar-refractivity contribution in [2.45, 2.75) is 63.2 Å². The van der Waals surface area contributed by atoms with Gasteiger partial charge in [-0.05, 0) is 37.2 Å². The first-order valence-corrected chi connectivity index (χ1v) is 13.5. The van der Waals surface area contributed by atoms with E-state index < -0.39 is 36.5 Å². The maximum atomic E-state index is 12.3. The topological polar surface area (TPSA) is 108 Å². The summed E-state index contributed by atoms with van der Waals surface area (Å²) in [5, 5.41) is 2.26. The summed E-state index contributed by atoms with van der Waals surface area (Å²) in [4.78, 5) is 24.3. The predicted molar refractivity (Wildman–Crippen MR) is 112 cm³/mol. The molecule has 1 amide bonds. The number of benzene rings is 1. The minimum atomic E-state index is -3.97. The van der Waals surface area contributed by atoms with Crippen LogP contribution in [0, 0.1) is 6.92 Å². The van der Waals surface area contributed by atoms with Gasteiger partial charge in [-0.3, -0.25) is 4.18 Å². The van der Waals surface area contributed by atoms with E-state index in [1.54, 1.807) is 12.1 Å². The molecule has 1 atom stereocenters. The standard InChI is InChI=1S/C19H31NO7SSi/c1-14-8-10-15(11-9-14)28(23,24)26-13-12-16(17(21)25-5)20-18(22)27-29(6,7)19(2,3)4/h8-11,16H,12-13H2,1-7H3,(H,20,22)/t16-/m0/s1. The van der Waals surface area contributed by atoms with Crippen molar-refractivity contribution in [2.24, 2.45) is 0 Å². The third kappa shape index (κ3) is 7.45. The first kappa shape index (κ1) is 25.1. The van der Waals surface area contributed by atoms with Crippen LogP contribution in [0.15, 0.2) is 29.2 Å². The molecule has 0 aromatic heterocycles. The number of ether oxygens (including phenoxy) is 1. The number of amides is 1. The second-order valence-electron chi connectivity index (χ2n) is 8.25. The average Bonchev–Trinajstić information content (AvgIpc) is 2.59. The Labute approximate surface area is 174 Å². The third-order valence-corrected chi connectivity index (χ3v) is 10.5. The molecular formula is C19H31NO7SSi. The van der Waals surface area contributed by atoms with Crippen LogP contribution in [-0.2, 0) is 28.3 Å². The Morgan fingerprint density at radius 3 is 2.17 bits per heavy atom. The van der Waals surface area contributed by atoms with Gasteiger partial charge in [-0.2, -0.15) is 8.42 Å². The Morgan fingerprint density at radius 1 is 1.14 bits per heavy atom. The van der Waals surface area contributed by atoms with Crippen molar-refractivity contribution in [3.05, 3.63) is 29.8 Å². The number of aryl methyl sites for hydroxylation is 1. The van der Waals surface area contributed by atoms with E-state index >= 15 is 0 Å². The summed E-state index contributed by atoms with van der Waals surface area (Å²) >= 11 is 0. The summed E-state index contributed by atoms with van der Waals surface area (Å²) in [6.45, 7) is 11.3. The van der Waals surface area contributed by atoms with E-state index in [2.05, 4.69) is 10.1 Å². The van der Waals surface area contributed by atoms with E-state index in [0.717, 1.165) is 5.56 Å². The minimum absolute atomic E-state index is 0.0167. The van der Waals surface area contributed by atoms with Gasteiger partial charge in [0, 0.05) is 6.42 Å². The average molecular weight is 446 g/mol. The van der Waals surface area contributed by atoms with Crippen LogP contribution in [0.3, 0.4) is 0 Å². The molecule has 0 saturated heterocycles. The number of carbonyl (C=O) groups is 2. The molecule has 0 aliphatic rings. The molecule has 0 aliphatic carbocycles. The fourth-order valence-corrected chi connectivity index (χ4v) is 3.75. The Morgan fingerprint density at radius 2 is 1.69 bits per heavy atom. The molecule has 1 aromatic carbocycles. The van der Waals surface area contributed by atoms with Gasteiger partial charge in [-0.25, -0.2) is 9.59 Å². The molecule has 0 aliphatic heterocycles. The second-order valence-corrected chi connectivity index (χ2v) is 14.6. The van der Waals surface area contributed by atoms with Crippen LogP contribution in [-0.4, -0.2) is 48.6 Å². The molecule has 0 bridgehead atoms. The zero-order valence-corrected chi connectivity index (χ0v) is 19.9. The van der Waals surface area contributed by atoms with Gasteiger partial charge in [0.25, 0.3) is 18.4 Å². The molecule has 164 valence electrons. The Hall–Kier alpha value is -1.91. The SMILES string of the molecule is COC(=O)[C@H](CCOS(=O)(=O)c1ccc(C)cc1)NC(=O)O[Si](C)(C)C(C)(C)C. The number of methoxy groups -OCH3 is 1. The van der Waals surface area contributed by atoms with Gasteiger partial charge in [0.2, 0.25) is 0 Å². The summed E-state index contributed by atoms with van der Waals surface area (Å²) in [7, 11) is -5.17. The molecule has 0 saturated carbocycles. The van der Waals surface area contributed by atoms with Crippen molar-refractivity contribution in [3.8, 4) is 0 Å². The monoisotopic (exact) mass is 445 g/mol. The van der Waals surface area contributed by atoms with Crippen molar-refractivity contribution in [3.63, 3.8) is 0 Å². The van der Waals surface area contributed by atoms with E-state index in [0.29, 0.717) is 0 Å². The van der Waals surface area contributed by atoms with Gasteiger partial charge in [0.05, 0.1) is 18.6 Å². The zero-order chi connectivity index (χ0) is 22.5. The minimum Gasteiger partial charge on any atom is -0.504 e. The first-order valence-electron chi connectivity index (χ1n) is 9.23. The van der Waals surface area contributed by atoms with Gasteiger partial charge < -0.3 is 14.5 Å². The molecule has 1 rings (SSSR count). The van der Waals surface area contributed by atoms with Crippen LogP contribution < -0.4 is 5.32 Å². The van der Waals surface area contributed by atoms with Crippen molar-refractivity contribution < 1.29 is 31.4 Å². The highest BCUT2D eigenvalue weighted by molar-refractivity contribution is 7.86. The van der Waals surface area contributed by atoms with Gasteiger partial charge in [0.15, 0.2) is 0 Å². The predicted octanol–water partition coefficient (Wildman–Crippen LogP) is 3.36. The second kappa shape index (κ2) is 9.73. The molecule has 0 unspecified atom stereocenters. The quantitative estimate of drug-likeness (QED) is 0.371. The van der Waals surface area contributed by atoms with Gasteiger partial charge in [-0.15, -0.1) is 0 Å². The number of nitrogens with one attached hydrogen (secondary N) is 1. The number of hydrogen-bond donors (Lipinski definition) is 1. The number of esters is 1. The van der Waals surface area contributed by atoms with Crippen LogP contribution >= 0.6 is 0 Å². The fraction of sp³-hybridized carbons (Fsp3) is 0.579. The summed E-state index contributed by atoms with van der Waals surface area (Å²) < 4.78 is 39.7. The molecule has 29 heavy (non-hydrogen) atoms. The lowest BCUT2D eigenvalue weighted by atomic mass is 10.2. The smallest absolute Gasteiger partial charge is 0.394 e. The van der Waals surface area contributed by atoms with Crippen molar-refractivity contribution in [1.29, 1.82) is 0 Å². The van der Waals surface area contributed by atoms with Crippen LogP contribution in [0.25, 0.3) is 0 Å². The van der Waals surface area contributed by atoms with Gasteiger partial charge >= 0.3 is 12.1 Å². The van der Waals surface area contributed by atoms with Crippen LogP contribution in [0.2, 0.25) is 18.1 Å². The largest absolute Gasteiger partial charge is 0.504 e. The molecular weight excluding hydrogens is 414 g/mol. The lowest BCUT2D eigenvalue weighted by molar-refractivity contribution is -0.143. The van der Waals surface area contributed by atoms with Crippen LogP contribution in [0.5, 0.6) is 0 Å².